The molecule has 2 aliphatic rings. The maximum absolute atomic E-state index is 6.09. The average molecular weight is 299 g/mol. The predicted molar refractivity (Wildman–Crippen MR) is 83.1 cm³/mol. The van der Waals surface area contributed by atoms with Crippen LogP contribution in [0.25, 0.3) is 0 Å². The molecule has 19 heavy (non-hydrogen) atoms. The van der Waals surface area contributed by atoms with Crippen LogP contribution in [0.3, 0.4) is 0 Å². The fraction of sp³-hybridized carbons (Fsp3) is 0.733. The lowest BCUT2D eigenvalue weighted by atomic mass is 10.1. The molecule has 1 aliphatic heterocycles. The van der Waals surface area contributed by atoms with Gasteiger partial charge in [-0.1, -0.05) is 11.6 Å². The molecule has 0 radical (unpaired) electrons. The summed E-state index contributed by atoms with van der Waals surface area (Å²) in [7, 11) is 0. The molecule has 2 atom stereocenters. The van der Waals surface area contributed by atoms with Crippen molar-refractivity contribution in [1.29, 1.82) is 0 Å². The molecule has 3 rings (SSSR count). The molecule has 4 heteroatoms. The number of thiophene rings is 1. The first-order valence-electron chi connectivity index (χ1n) is 7.43. The number of halogens is 1. The van der Waals surface area contributed by atoms with E-state index in [0.29, 0.717) is 12.1 Å². The fourth-order valence-corrected chi connectivity index (χ4v) is 3.95. The van der Waals surface area contributed by atoms with Crippen LogP contribution in [0.15, 0.2) is 11.4 Å². The summed E-state index contributed by atoms with van der Waals surface area (Å²) >= 11 is 7.74. The van der Waals surface area contributed by atoms with Gasteiger partial charge in [0.05, 0.1) is 4.34 Å². The number of nitrogens with one attached hydrogen (secondary N) is 1. The zero-order chi connectivity index (χ0) is 13.2. The van der Waals surface area contributed by atoms with E-state index in [1.807, 2.05) is 0 Å². The first-order valence-corrected chi connectivity index (χ1v) is 8.69. The number of nitrogens with zero attached hydrogens (tertiary/aromatic N) is 1. The number of hydrogen-bond acceptors (Lipinski definition) is 3. The molecule has 0 spiro atoms. The van der Waals surface area contributed by atoms with Gasteiger partial charge in [0.1, 0.15) is 0 Å². The highest BCUT2D eigenvalue weighted by Crippen LogP contribution is 2.34. The van der Waals surface area contributed by atoms with Crippen LogP contribution in [0.4, 0.5) is 0 Å². The summed E-state index contributed by atoms with van der Waals surface area (Å²) in [5.41, 5.74) is 1.38. The van der Waals surface area contributed by atoms with Crippen LogP contribution in [-0.4, -0.2) is 30.6 Å². The second kappa shape index (κ2) is 6.13. The van der Waals surface area contributed by atoms with Crippen molar-refractivity contribution >= 4 is 22.9 Å². The van der Waals surface area contributed by atoms with Gasteiger partial charge in [-0.15, -0.1) is 11.3 Å². The molecule has 1 N–H and O–H groups in total. The lowest BCUT2D eigenvalue weighted by Crippen LogP contribution is -2.39. The second-order valence-electron chi connectivity index (χ2n) is 6.05. The lowest BCUT2D eigenvalue weighted by molar-refractivity contribution is 0.184. The standard InChI is InChI=1S/C15H23ClN2S/c1-11(13-7-15(16)19-10-13)18(8-12-4-5-12)9-14-3-2-6-17-14/h7,10-12,14,17H,2-6,8-9H2,1H3. The smallest absolute Gasteiger partial charge is 0.0931 e. The van der Waals surface area contributed by atoms with E-state index in [1.54, 1.807) is 11.3 Å². The summed E-state index contributed by atoms with van der Waals surface area (Å²) in [5, 5.41) is 5.84. The molecule has 0 amide bonds. The first-order chi connectivity index (χ1) is 9.22. The Labute approximate surface area is 125 Å². The van der Waals surface area contributed by atoms with Crippen molar-refractivity contribution in [2.24, 2.45) is 5.92 Å². The van der Waals surface area contributed by atoms with Gasteiger partial charge in [0.25, 0.3) is 0 Å². The molecule has 0 aromatic carbocycles. The monoisotopic (exact) mass is 298 g/mol. The van der Waals surface area contributed by atoms with Crippen molar-refractivity contribution in [3.8, 4) is 0 Å². The van der Waals surface area contributed by atoms with Crippen LogP contribution in [0.1, 0.15) is 44.2 Å². The third kappa shape index (κ3) is 3.72. The number of rotatable bonds is 6. The van der Waals surface area contributed by atoms with Crippen LogP contribution < -0.4 is 5.32 Å². The minimum absolute atomic E-state index is 0.492. The molecule has 1 saturated heterocycles. The predicted octanol–water partition coefficient (Wildman–Crippen LogP) is 3.93. The Kier molecular flexibility index (Phi) is 4.47. The third-order valence-corrected chi connectivity index (χ3v) is 5.53. The van der Waals surface area contributed by atoms with E-state index in [4.69, 9.17) is 11.6 Å². The van der Waals surface area contributed by atoms with Gasteiger partial charge in [0.15, 0.2) is 0 Å². The minimum Gasteiger partial charge on any atom is -0.313 e. The zero-order valence-corrected chi connectivity index (χ0v) is 13.1. The minimum atomic E-state index is 0.492. The largest absolute Gasteiger partial charge is 0.313 e. The summed E-state index contributed by atoms with van der Waals surface area (Å²) in [5.74, 6) is 0.943. The lowest BCUT2D eigenvalue weighted by Gasteiger charge is -2.31. The first kappa shape index (κ1) is 13.9. The molecule has 2 heterocycles. The van der Waals surface area contributed by atoms with Crippen LogP contribution in [0.5, 0.6) is 0 Å². The van der Waals surface area contributed by atoms with Gasteiger partial charge < -0.3 is 5.32 Å². The van der Waals surface area contributed by atoms with Crippen molar-refractivity contribution in [1.82, 2.24) is 10.2 Å². The average Bonchev–Trinajstić information content (AvgIpc) is 2.89. The van der Waals surface area contributed by atoms with Gasteiger partial charge in [-0.25, -0.2) is 0 Å². The maximum atomic E-state index is 6.09. The van der Waals surface area contributed by atoms with E-state index in [0.717, 1.165) is 10.3 Å². The van der Waals surface area contributed by atoms with Crippen molar-refractivity contribution in [2.75, 3.05) is 19.6 Å². The molecule has 1 aromatic rings. The van der Waals surface area contributed by atoms with Crippen LogP contribution >= 0.6 is 22.9 Å². The van der Waals surface area contributed by atoms with E-state index in [1.165, 1.54) is 50.9 Å². The molecule has 1 aliphatic carbocycles. The molecule has 2 unspecified atom stereocenters. The third-order valence-electron chi connectivity index (χ3n) is 4.42. The zero-order valence-electron chi connectivity index (χ0n) is 11.6. The van der Waals surface area contributed by atoms with Gasteiger partial charge in [-0.2, -0.15) is 0 Å². The van der Waals surface area contributed by atoms with Gasteiger partial charge in [0, 0.05) is 25.2 Å². The molecule has 2 nitrogen and oxygen atoms in total. The van der Waals surface area contributed by atoms with Crippen molar-refractivity contribution in [2.45, 2.75) is 44.7 Å². The normalized spacial score (nSPS) is 25.1. The van der Waals surface area contributed by atoms with E-state index < -0.39 is 0 Å². The Balaban J connectivity index is 1.65. The highest BCUT2D eigenvalue weighted by Gasteiger charge is 2.29. The Bertz CT molecular complexity index is 410. The van der Waals surface area contributed by atoms with Gasteiger partial charge >= 0.3 is 0 Å². The van der Waals surface area contributed by atoms with Crippen LogP contribution in [0.2, 0.25) is 4.34 Å². The molecule has 2 fully saturated rings. The van der Waals surface area contributed by atoms with Crippen LogP contribution in [-0.2, 0) is 0 Å². The van der Waals surface area contributed by atoms with Crippen LogP contribution in [0, 0.1) is 5.92 Å². The fourth-order valence-electron chi connectivity index (χ4n) is 2.97. The summed E-state index contributed by atoms with van der Waals surface area (Å²) in [6, 6.07) is 3.32. The molecular formula is C15H23ClN2S. The van der Waals surface area contributed by atoms with Crippen molar-refractivity contribution in [3.05, 3.63) is 21.3 Å². The Morgan fingerprint density at radius 1 is 1.42 bits per heavy atom. The Morgan fingerprint density at radius 3 is 2.84 bits per heavy atom. The van der Waals surface area contributed by atoms with Gasteiger partial charge in [-0.3, -0.25) is 4.90 Å². The quantitative estimate of drug-likeness (QED) is 0.856. The van der Waals surface area contributed by atoms with E-state index >= 15 is 0 Å². The van der Waals surface area contributed by atoms with E-state index in [9.17, 15) is 0 Å². The molecule has 0 bridgehead atoms. The van der Waals surface area contributed by atoms with E-state index in [-0.39, 0.29) is 0 Å². The molecule has 1 saturated carbocycles. The topological polar surface area (TPSA) is 15.3 Å². The summed E-state index contributed by atoms with van der Waals surface area (Å²) < 4.78 is 0.909. The molecule has 1 aromatic heterocycles. The Hall–Kier alpha value is -0.0900. The molecule has 106 valence electrons. The summed E-state index contributed by atoms with van der Waals surface area (Å²) in [6.45, 7) is 5.97. The SMILES string of the molecule is CC(c1csc(Cl)c1)N(CC1CC1)CC1CCCN1. The van der Waals surface area contributed by atoms with Gasteiger partial charge in [0.2, 0.25) is 0 Å². The highest BCUT2D eigenvalue weighted by molar-refractivity contribution is 7.14. The van der Waals surface area contributed by atoms with Crippen molar-refractivity contribution < 1.29 is 0 Å². The highest BCUT2D eigenvalue weighted by atomic mass is 35.5. The second-order valence-corrected chi connectivity index (χ2v) is 7.59. The van der Waals surface area contributed by atoms with E-state index in [2.05, 4.69) is 28.6 Å². The van der Waals surface area contributed by atoms with Gasteiger partial charge in [-0.05, 0) is 62.1 Å². The summed E-state index contributed by atoms with van der Waals surface area (Å²) in [4.78, 5) is 2.67. The Morgan fingerprint density at radius 2 is 2.26 bits per heavy atom. The molecular weight excluding hydrogens is 276 g/mol. The van der Waals surface area contributed by atoms with Crippen molar-refractivity contribution in [3.63, 3.8) is 0 Å². The summed E-state index contributed by atoms with van der Waals surface area (Å²) in [6.07, 6.45) is 5.51. The number of hydrogen-bond donors (Lipinski definition) is 1. The maximum Gasteiger partial charge on any atom is 0.0931 e.